The molecule has 132 valence electrons. The van der Waals surface area contributed by atoms with Crippen molar-refractivity contribution >= 4 is 12.2 Å². The Kier molecular flexibility index (Phi) is 4.84. The fourth-order valence-corrected chi connectivity index (χ4v) is 2.21. The van der Waals surface area contributed by atoms with Crippen molar-refractivity contribution in [3.05, 3.63) is 64.4 Å². The summed E-state index contributed by atoms with van der Waals surface area (Å²) in [6, 6.07) is 12.8. The summed E-state index contributed by atoms with van der Waals surface area (Å²) in [7, 11) is 1.58. The molecule has 0 spiro atoms. The Hall–Kier alpha value is -3.81. The maximum atomic E-state index is 11.8. The van der Waals surface area contributed by atoms with E-state index in [4.69, 9.17) is 4.74 Å². The van der Waals surface area contributed by atoms with E-state index in [0.717, 1.165) is 5.56 Å². The molecule has 0 aliphatic rings. The lowest BCUT2D eigenvalue weighted by Crippen LogP contribution is -2.10. The van der Waals surface area contributed by atoms with Crippen molar-refractivity contribution in [1.29, 1.82) is 0 Å². The van der Waals surface area contributed by atoms with Crippen molar-refractivity contribution in [1.82, 2.24) is 9.97 Å². The van der Waals surface area contributed by atoms with Crippen molar-refractivity contribution in [2.75, 3.05) is 12.5 Å². The van der Waals surface area contributed by atoms with Gasteiger partial charge in [0.15, 0.2) is 11.5 Å². The molecule has 3 aromatic rings. The van der Waals surface area contributed by atoms with Crippen LogP contribution in [0.1, 0.15) is 5.56 Å². The standard InChI is InChI=1S/C18H16N4O4/c1-26-13-5-3-12(4-6-13)14-9-17(25)21-18(20-14)22-19-10-11-2-7-15(23)16(24)8-11/h2-10,23-24H,1H3,(H2,20,21,22,25)/b19-10-. The van der Waals surface area contributed by atoms with Gasteiger partial charge in [-0.3, -0.25) is 9.78 Å². The zero-order valence-electron chi connectivity index (χ0n) is 13.8. The number of benzene rings is 2. The highest BCUT2D eigenvalue weighted by molar-refractivity contribution is 5.81. The third kappa shape index (κ3) is 3.99. The predicted octanol–water partition coefficient (Wildman–Crippen LogP) is 2.30. The minimum absolute atomic E-state index is 0.169. The van der Waals surface area contributed by atoms with Crippen LogP contribution < -0.4 is 15.7 Å². The number of aromatic hydroxyl groups is 2. The van der Waals surface area contributed by atoms with E-state index in [9.17, 15) is 15.0 Å². The van der Waals surface area contributed by atoms with Crippen LogP contribution in [0.4, 0.5) is 5.95 Å². The SMILES string of the molecule is COc1ccc(-c2cc(=O)[nH]c(N/N=C\c3ccc(O)c(O)c3)n2)cc1. The molecule has 1 aromatic heterocycles. The van der Waals surface area contributed by atoms with Gasteiger partial charge in [-0.15, -0.1) is 0 Å². The number of rotatable bonds is 5. The summed E-state index contributed by atoms with van der Waals surface area (Å²) in [5, 5.41) is 22.7. The summed E-state index contributed by atoms with van der Waals surface area (Å²) >= 11 is 0. The van der Waals surface area contributed by atoms with Crippen molar-refractivity contribution in [2.45, 2.75) is 0 Å². The normalized spacial score (nSPS) is 10.8. The van der Waals surface area contributed by atoms with E-state index in [2.05, 4.69) is 20.5 Å². The quantitative estimate of drug-likeness (QED) is 0.318. The topological polar surface area (TPSA) is 120 Å². The van der Waals surface area contributed by atoms with E-state index >= 15 is 0 Å². The monoisotopic (exact) mass is 352 g/mol. The highest BCUT2D eigenvalue weighted by Gasteiger charge is 2.04. The molecule has 0 fully saturated rings. The van der Waals surface area contributed by atoms with Gasteiger partial charge in [0.25, 0.3) is 5.56 Å². The third-order valence-electron chi connectivity index (χ3n) is 3.51. The first-order chi connectivity index (χ1) is 12.5. The largest absolute Gasteiger partial charge is 0.504 e. The van der Waals surface area contributed by atoms with Crippen molar-refractivity contribution in [2.24, 2.45) is 5.10 Å². The molecule has 8 heteroatoms. The van der Waals surface area contributed by atoms with Crippen LogP contribution in [0.15, 0.2) is 58.4 Å². The predicted molar refractivity (Wildman–Crippen MR) is 97.8 cm³/mol. The van der Waals surface area contributed by atoms with Crippen LogP contribution in [0, 0.1) is 0 Å². The zero-order chi connectivity index (χ0) is 18.5. The van der Waals surface area contributed by atoms with E-state index in [-0.39, 0.29) is 23.0 Å². The van der Waals surface area contributed by atoms with Crippen LogP contribution in [0.3, 0.4) is 0 Å². The molecule has 0 unspecified atom stereocenters. The minimum Gasteiger partial charge on any atom is -0.504 e. The van der Waals surface area contributed by atoms with Gasteiger partial charge in [0.1, 0.15) is 5.75 Å². The summed E-state index contributed by atoms with van der Waals surface area (Å²) in [5.41, 5.74) is 4.10. The molecule has 0 aliphatic carbocycles. The number of aromatic amines is 1. The highest BCUT2D eigenvalue weighted by atomic mass is 16.5. The average Bonchev–Trinajstić information content (AvgIpc) is 2.64. The Morgan fingerprint density at radius 1 is 1.12 bits per heavy atom. The van der Waals surface area contributed by atoms with Crippen molar-refractivity contribution < 1.29 is 14.9 Å². The van der Waals surface area contributed by atoms with Crippen LogP contribution >= 0.6 is 0 Å². The van der Waals surface area contributed by atoms with Crippen LogP contribution in [0.25, 0.3) is 11.3 Å². The molecule has 0 amide bonds. The number of ether oxygens (including phenoxy) is 1. The van der Waals surface area contributed by atoms with E-state index in [1.165, 1.54) is 24.4 Å². The van der Waals surface area contributed by atoms with Crippen LogP contribution in [-0.2, 0) is 0 Å². The molecule has 4 N–H and O–H groups in total. The number of phenolic OH excluding ortho intramolecular Hbond substituents is 2. The van der Waals surface area contributed by atoms with E-state index in [1.54, 1.807) is 37.4 Å². The fourth-order valence-electron chi connectivity index (χ4n) is 2.21. The number of methoxy groups -OCH3 is 1. The number of nitrogens with zero attached hydrogens (tertiary/aromatic N) is 2. The lowest BCUT2D eigenvalue weighted by Gasteiger charge is -2.05. The molecule has 0 bridgehead atoms. The lowest BCUT2D eigenvalue weighted by atomic mass is 10.1. The van der Waals surface area contributed by atoms with Crippen molar-refractivity contribution in [3.63, 3.8) is 0 Å². The number of hydrazone groups is 1. The molecule has 0 atom stereocenters. The number of hydrogen-bond acceptors (Lipinski definition) is 7. The van der Waals surface area contributed by atoms with Gasteiger partial charge < -0.3 is 14.9 Å². The third-order valence-corrected chi connectivity index (χ3v) is 3.51. The Morgan fingerprint density at radius 2 is 1.88 bits per heavy atom. The zero-order valence-corrected chi connectivity index (χ0v) is 13.8. The van der Waals surface area contributed by atoms with Crippen LogP contribution in [0.2, 0.25) is 0 Å². The summed E-state index contributed by atoms with van der Waals surface area (Å²) < 4.78 is 5.11. The van der Waals surface area contributed by atoms with Gasteiger partial charge in [0.2, 0.25) is 5.95 Å². The summed E-state index contributed by atoms with van der Waals surface area (Å²) in [5.74, 6) is 0.413. The second kappa shape index (κ2) is 7.39. The maximum Gasteiger partial charge on any atom is 0.252 e. The number of aromatic nitrogens is 2. The number of anilines is 1. The number of nitrogens with one attached hydrogen (secondary N) is 2. The Bertz CT molecular complexity index is 997. The molecule has 0 radical (unpaired) electrons. The molecule has 2 aromatic carbocycles. The smallest absolute Gasteiger partial charge is 0.252 e. The lowest BCUT2D eigenvalue weighted by molar-refractivity contribution is 0.403. The second-order valence-electron chi connectivity index (χ2n) is 5.33. The number of H-pyrrole nitrogens is 1. The van der Waals surface area contributed by atoms with Crippen molar-refractivity contribution in [3.8, 4) is 28.5 Å². The maximum absolute atomic E-state index is 11.8. The molecule has 0 saturated heterocycles. The molecule has 8 nitrogen and oxygen atoms in total. The van der Waals surface area contributed by atoms with E-state index < -0.39 is 0 Å². The number of phenols is 2. The van der Waals surface area contributed by atoms with E-state index in [1.807, 2.05) is 0 Å². The molecule has 0 saturated carbocycles. The Balaban J connectivity index is 1.79. The van der Waals surface area contributed by atoms with Gasteiger partial charge in [0.05, 0.1) is 19.0 Å². The first kappa shape index (κ1) is 17.0. The molecule has 26 heavy (non-hydrogen) atoms. The molecular formula is C18H16N4O4. The van der Waals surface area contributed by atoms with Crippen LogP contribution in [0.5, 0.6) is 17.2 Å². The summed E-state index contributed by atoms with van der Waals surface area (Å²) in [6.07, 6.45) is 1.42. The minimum atomic E-state index is -0.328. The Labute approximate surface area is 148 Å². The summed E-state index contributed by atoms with van der Waals surface area (Å²) in [4.78, 5) is 18.7. The van der Waals surface area contributed by atoms with Crippen LogP contribution in [-0.4, -0.2) is 33.5 Å². The second-order valence-corrected chi connectivity index (χ2v) is 5.33. The van der Waals surface area contributed by atoms with Gasteiger partial charge in [-0.25, -0.2) is 10.4 Å². The van der Waals surface area contributed by atoms with Gasteiger partial charge in [-0.2, -0.15) is 5.10 Å². The first-order valence-electron chi connectivity index (χ1n) is 7.62. The Morgan fingerprint density at radius 3 is 2.58 bits per heavy atom. The van der Waals surface area contributed by atoms with E-state index in [0.29, 0.717) is 17.0 Å². The molecule has 0 aliphatic heterocycles. The van der Waals surface area contributed by atoms with Gasteiger partial charge >= 0.3 is 0 Å². The van der Waals surface area contributed by atoms with Gasteiger partial charge in [0, 0.05) is 11.6 Å². The highest BCUT2D eigenvalue weighted by Crippen LogP contribution is 2.24. The average molecular weight is 352 g/mol. The van der Waals surface area contributed by atoms with Gasteiger partial charge in [-0.05, 0) is 48.0 Å². The van der Waals surface area contributed by atoms with Gasteiger partial charge in [-0.1, -0.05) is 0 Å². The summed E-state index contributed by atoms with van der Waals surface area (Å²) in [6.45, 7) is 0. The molecular weight excluding hydrogens is 336 g/mol. The fraction of sp³-hybridized carbons (Fsp3) is 0.0556. The first-order valence-corrected chi connectivity index (χ1v) is 7.62. The number of hydrogen-bond donors (Lipinski definition) is 4. The molecule has 1 heterocycles. The molecule has 3 rings (SSSR count).